The third-order valence-electron chi connectivity index (χ3n) is 6.84. The van der Waals surface area contributed by atoms with Crippen molar-refractivity contribution in [1.82, 2.24) is 15.0 Å². The van der Waals surface area contributed by atoms with Crippen LogP contribution in [0.25, 0.3) is 10.8 Å². The average molecular weight is 477 g/mol. The fourth-order valence-corrected chi connectivity index (χ4v) is 5.28. The summed E-state index contributed by atoms with van der Waals surface area (Å²) >= 11 is 0. The fraction of sp³-hybridized carbons (Fsp3) is 0.480. The Kier molecular flexibility index (Phi) is 6.70. The molecule has 10 nitrogen and oxygen atoms in total. The topological polar surface area (TPSA) is 161 Å². The van der Waals surface area contributed by atoms with Gasteiger partial charge in [0.15, 0.2) is 0 Å². The van der Waals surface area contributed by atoms with Crippen LogP contribution in [0.5, 0.6) is 0 Å². The Labute approximate surface area is 206 Å². The van der Waals surface area contributed by atoms with E-state index in [4.69, 9.17) is 37.9 Å². The summed E-state index contributed by atoms with van der Waals surface area (Å²) in [6.45, 7) is 4.70. The summed E-state index contributed by atoms with van der Waals surface area (Å²) < 4.78 is 0. The molecule has 2 saturated heterocycles. The molecule has 3 aromatic rings. The molecule has 5 rings (SSSR count). The Morgan fingerprint density at radius 3 is 1.83 bits per heavy atom. The zero-order valence-electron chi connectivity index (χ0n) is 20.2. The Hall–Kier alpha value is -3.05. The lowest BCUT2D eigenvalue weighted by atomic mass is 10.00. The first kappa shape index (κ1) is 23.7. The van der Waals surface area contributed by atoms with E-state index in [9.17, 15) is 0 Å². The van der Waals surface area contributed by atoms with Gasteiger partial charge in [0.1, 0.15) is 0 Å². The van der Waals surface area contributed by atoms with E-state index in [2.05, 4.69) is 64.5 Å². The Bertz CT molecular complexity index is 1100. The third kappa shape index (κ3) is 5.30. The van der Waals surface area contributed by atoms with Crippen molar-refractivity contribution in [3.8, 4) is 0 Å². The number of anilines is 3. The van der Waals surface area contributed by atoms with Gasteiger partial charge in [-0.2, -0.15) is 15.0 Å². The molecule has 0 spiro atoms. The average Bonchev–Trinajstić information content (AvgIpc) is 2.82. The van der Waals surface area contributed by atoms with E-state index in [1.54, 1.807) is 0 Å². The molecule has 5 atom stereocenters. The van der Waals surface area contributed by atoms with Crippen LogP contribution in [-0.4, -0.2) is 65.3 Å². The first-order chi connectivity index (χ1) is 16.9. The van der Waals surface area contributed by atoms with Crippen LogP contribution in [0.4, 0.5) is 17.8 Å². The van der Waals surface area contributed by atoms with Gasteiger partial charge in [0.25, 0.3) is 0 Å². The number of hydrogen-bond acceptors (Lipinski definition) is 10. The molecule has 1 aromatic heterocycles. The van der Waals surface area contributed by atoms with E-state index < -0.39 is 0 Å². The standard InChI is InChI=1S/C25H36N10/c1-15(21-8-4-6-16-5-2-3-7-22(16)21)30-23-31-24(34-11-17(26)9-18(27)12-34)33-25(32-23)35-13-19(28)10-20(29)14-35/h2-8,15,17-20H,9-14,26-29H2,1H3,(H,30,31,32,33)/t15-,17-,18+,19-,20+/m1/s1. The second kappa shape index (κ2) is 9.90. The van der Waals surface area contributed by atoms with Gasteiger partial charge in [-0.25, -0.2) is 0 Å². The number of nitrogens with zero attached hydrogens (tertiary/aromatic N) is 5. The van der Waals surface area contributed by atoms with Crippen LogP contribution in [0, 0.1) is 0 Å². The second-order valence-electron chi connectivity index (χ2n) is 10.0. The van der Waals surface area contributed by atoms with Crippen molar-refractivity contribution < 1.29 is 0 Å². The van der Waals surface area contributed by atoms with Crippen LogP contribution in [-0.2, 0) is 0 Å². The molecule has 0 amide bonds. The molecule has 3 heterocycles. The number of fused-ring (bicyclic) bond motifs is 1. The van der Waals surface area contributed by atoms with E-state index in [1.807, 2.05) is 0 Å². The van der Waals surface area contributed by atoms with Crippen molar-refractivity contribution in [2.24, 2.45) is 22.9 Å². The normalized spacial score (nSPS) is 26.1. The van der Waals surface area contributed by atoms with Crippen molar-refractivity contribution in [2.75, 3.05) is 41.3 Å². The highest BCUT2D eigenvalue weighted by molar-refractivity contribution is 5.86. The quantitative estimate of drug-likeness (QED) is 0.358. The lowest BCUT2D eigenvalue weighted by Gasteiger charge is -2.37. The van der Waals surface area contributed by atoms with Crippen molar-refractivity contribution in [1.29, 1.82) is 0 Å². The molecular weight excluding hydrogens is 440 g/mol. The smallest absolute Gasteiger partial charge is 0.232 e. The predicted molar refractivity (Wildman–Crippen MR) is 141 cm³/mol. The first-order valence-corrected chi connectivity index (χ1v) is 12.4. The summed E-state index contributed by atoms with van der Waals surface area (Å²) in [5.74, 6) is 1.65. The predicted octanol–water partition coefficient (Wildman–Crippen LogP) is 0.927. The number of benzene rings is 2. The molecule has 2 aromatic carbocycles. The molecule has 2 fully saturated rings. The van der Waals surface area contributed by atoms with E-state index in [-0.39, 0.29) is 30.2 Å². The molecule has 2 aliphatic heterocycles. The molecule has 0 saturated carbocycles. The Morgan fingerprint density at radius 1 is 0.743 bits per heavy atom. The minimum Gasteiger partial charge on any atom is -0.347 e. The maximum atomic E-state index is 6.27. The number of nitrogens with two attached hydrogens (primary N) is 4. The highest BCUT2D eigenvalue weighted by Crippen LogP contribution is 2.28. The first-order valence-electron chi connectivity index (χ1n) is 12.4. The van der Waals surface area contributed by atoms with Gasteiger partial charge in [-0.15, -0.1) is 0 Å². The van der Waals surface area contributed by atoms with Crippen molar-refractivity contribution in [2.45, 2.75) is 50.0 Å². The molecular formula is C25H36N10. The van der Waals surface area contributed by atoms with Gasteiger partial charge in [0, 0.05) is 50.3 Å². The molecule has 0 radical (unpaired) electrons. The largest absolute Gasteiger partial charge is 0.347 e. The molecule has 10 heteroatoms. The molecule has 35 heavy (non-hydrogen) atoms. The van der Waals surface area contributed by atoms with Crippen LogP contribution in [0.1, 0.15) is 31.4 Å². The zero-order chi connectivity index (χ0) is 24.5. The van der Waals surface area contributed by atoms with E-state index >= 15 is 0 Å². The molecule has 0 unspecified atom stereocenters. The minimum absolute atomic E-state index is 0.0261. The minimum atomic E-state index is -0.0269. The number of aromatic nitrogens is 3. The monoisotopic (exact) mass is 476 g/mol. The molecule has 0 aliphatic carbocycles. The SMILES string of the molecule is C[C@@H](Nc1nc(N2C[C@H](N)C[C@H](N)C2)nc(N2C[C@H](N)C[C@H](N)C2)n1)c1cccc2ccccc12. The van der Waals surface area contributed by atoms with Gasteiger partial charge in [0.2, 0.25) is 17.8 Å². The van der Waals surface area contributed by atoms with Crippen molar-refractivity contribution in [3.05, 3.63) is 48.0 Å². The molecule has 186 valence electrons. The summed E-state index contributed by atoms with van der Waals surface area (Å²) in [4.78, 5) is 18.5. The van der Waals surface area contributed by atoms with E-state index in [0.29, 0.717) is 44.0 Å². The van der Waals surface area contributed by atoms with Gasteiger partial charge in [-0.3, -0.25) is 0 Å². The summed E-state index contributed by atoms with van der Waals surface area (Å²) in [6.07, 6.45) is 1.57. The fourth-order valence-electron chi connectivity index (χ4n) is 5.28. The van der Waals surface area contributed by atoms with Gasteiger partial charge >= 0.3 is 0 Å². The Balaban J connectivity index is 1.49. The lowest BCUT2D eigenvalue weighted by Crippen LogP contribution is -2.54. The van der Waals surface area contributed by atoms with Crippen molar-refractivity contribution in [3.63, 3.8) is 0 Å². The maximum absolute atomic E-state index is 6.27. The van der Waals surface area contributed by atoms with Gasteiger partial charge in [-0.1, -0.05) is 42.5 Å². The number of piperidine rings is 2. The zero-order valence-corrected chi connectivity index (χ0v) is 20.2. The molecule has 2 aliphatic rings. The van der Waals surface area contributed by atoms with Crippen LogP contribution < -0.4 is 38.1 Å². The number of hydrogen-bond donors (Lipinski definition) is 5. The Morgan fingerprint density at radius 2 is 1.26 bits per heavy atom. The third-order valence-corrected chi connectivity index (χ3v) is 6.84. The highest BCUT2D eigenvalue weighted by Gasteiger charge is 2.29. The number of nitrogens with one attached hydrogen (secondary N) is 1. The highest BCUT2D eigenvalue weighted by atomic mass is 15.4. The van der Waals surface area contributed by atoms with Crippen LogP contribution in [0.2, 0.25) is 0 Å². The number of rotatable bonds is 5. The lowest BCUT2D eigenvalue weighted by molar-refractivity contribution is 0.441. The van der Waals surface area contributed by atoms with Gasteiger partial charge in [0.05, 0.1) is 6.04 Å². The second-order valence-corrected chi connectivity index (χ2v) is 10.0. The maximum Gasteiger partial charge on any atom is 0.232 e. The van der Waals surface area contributed by atoms with Gasteiger partial charge in [-0.05, 0) is 36.1 Å². The van der Waals surface area contributed by atoms with Gasteiger partial charge < -0.3 is 38.1 Å². The summed E-state index contributed by atoms with van der Waals surface area (Å²) in [7, 11) is 0. The summed E-state index contributed by atoms with van der Waals surface area (Å²) in [5, 5.41) is 5.91. The van der Waals surface area contributed by atoms with E-state index in [0.717, 1.165) is 12.8 Å². The molecule has 0 bridgehead atoms. The van der Waals surface area contributed by atoms with E-state index in [1.165, 1.54) is 16.3 Å². The van der Waals surface area contributed by atoms with Crippen LogP contribution >= 0.6 is 0 Å². The van der Waals surface area contributed by atoms with Crippen LogP contribution in [0.3, 0.4) is 0 Å². The molecule has 9 N–H and O–H groups in total. The summed E-state index contributed by atoms with van der Waals surface area (Å²) in [6, 6.07) is 14.6. The summed E-state index contributed by atoms with van der Waals surface area (Å²) in [5.41, 5.74) is 26.2. The van der Waals surface area contributed by atoms with Crippen molar-refractivity contribution >= 4 is 28.6 Å². The van der Waals surface area contributed by atoms with Crippen LogP contribution in [0.15, 0.2) is 42.5 Å².